The normalized spacial score (nSPS) is 17.3. The number of hydrogen-bond donors (Lipinski definition) is 0. The minimum Gasteiger partial charge on any atom is -0.356 e. The molecule has 1 saturated heterocycles. The first-order valence-corrected chi connectivity index (χ1v) is 10.7. The van der Waals surface area contributed by atoms with E-state index in [2.05, 4.69) is 35.8 Å². The molecule has 0 bridgehead atoms. The summed E-state index contributed by atoms with van der Waals surface area (Å²) < 4.78 is 5.53. The lowest BCUT2D eigenvalue weighted by Crippen LogP contribution is -2.42. The topological polar surface area (TPSA) is 72.1 Å². The van der Waals surface area contributed by atoms with Gasteiger partial charge in [0.05, 0.1) is 23.0 Å². The molecule has 0 unspecified atom stereocenters. The van der Waals surface area contributed by atoms with E-state index in [1.165, 1.54) is 0 Å². The van der Waals surface area contributed by atoms with Crippen molar-refractivity contribution in [3.05, 3.63) is 29.5 Å². The Morgan fingerprint density at radius 2 is 2.07 bits per heavy atom. The van der Waals surface area contributed by atoms with E-state index in [0.29, 0.717) is 5.76 Å². The Morgan fingerprint density at radius 1 is 1.29 bits per heavy atom. The molecule has 152 valence electrons. The summed E-state index contributed by atoms with van der Waals surface area (Å²) in [5.74, 6) is 1.84. The van der Waals surface area contributed by atoms with Gasteiger partial charge < -0.3 is 9.42 Å². The van der Waals surface area contributed by atoms with Gasteiger partial charge in [-0.1, -0.05) is 25.9 Å². The molecule has 6 nitrogen and oxygen atoms in total. The van der Waals surface area contributed by atoms with Crippen LogP contribution in [0.1, 0.15) is 82.6 Å². The third-order valence-corrected chi connectivity index (χ3v) is 5.67. The Morgan fingerprint density at radius 3 is 2.71 bits per heavy atom. The quantitative estimate of drug-likeness (QED) is 0.680. The predicted octanol–water partition coefficient (Wildman–Crippen LogP) is 4.88. The lowest BCUT2D eigenvalue weighted by molar-refractivity contribution is -0.139. The molecule has 2 aromatic rings. The molecule has 1 aliphatic heterocycles. The molecule has 3 heterocycles. The van der Waals surface area contributed by atoms with Gasteiger partial charge >= 0.3 is 0 Å². The van der Waals surface area contributed by atoms with E-state index in [1.54, 1.807) is 0 Å². The number of nitrogens with zero attached hydrogens (tertiary/aromatic N) is 4. The van der Waals surface area contributed by atoms with Gasteiger partial charge in [-0.2, -0.15) is 0 Å². The van der Waals surface area contributed by atoms with Gasteiger partial charge in [-0.15, -0.1) is 0 Å². The molecule has 0 radical (unpaired) electrons. The molecule has 0 aromatic carbocycles. The van der Waals surface area contributed by atoms with Crippen LogP contribution in [0, 0.1) is 12.8 Å². The maximum Gasteiger partial charge on any atom is 0.226 e. The molecule has 1 atom stereocenters. The van der Waals surface area contributed by atoms with Gasteiger partial charge in [-0.25, -0.2) is 9.97 Å². The van der Waals surface area contributed by atoms with Crippen LogP contribution >= 0.6 is 0 Å². The number of carbonyl (C=O) groups excluding carboxylic acids is 1. The van der Waals surface area contributed by atoms with Crippen LogP contribution in [0.2, 0.25) is 0 Å². The average molecular weight is 385 g/mol. The van der Waals surface area contributed by atoms with Gasteiger partial charge in [-0.3, -0.25) is 4.79 Å². The highest BCUT2D eigenvalue weighted by atomic mass is 16.5. The Hall–Kier alpha value is -2.24. The van der Waals surface area contributed by atoms with Gasteiger partial charge in [0.1, 0.15) is 5.82 Å². The summed E-state index contributed by atoms with van der Waals surface area (Å²) in [5, 5.41) is 4.04. The number of hydrogen-bond acceptors (Lipinski definition) is 5. The standard InChI is InChI=1S/C22H32N4O2/c1-5-10-20-23-14-17(19-13-15(4)25-28-19)21(24-20)18-11-8-9-12-26(18)22(27)16(6-2)7-3/h13-14,16,18H,5-12H2,1-4H3/t18-/m0/s1. The summed E-state index contributed by atoms with van der Waals surface area (Å²) in [7, 11) is 0. The molecule has 1 aliphatic rings. The maximum absolute atomic E-state index is 13.3. The zero-order valence-corrected chi connectivity index (χ0v) is 17.6. The molecule has 0 saturated carbocycles. The summed E-state index contributed by atoms with van der Waals surface area (Å²) in [5.41, 5.74) is 2.59. The van der Waals surface area contributed by atoms with Crippen molar-refractivity contribution in [2.45, 2.75) is 78.7 Å². The van der Waals surface area contributed by atoms with E-state index in [4.69, 9.17) is 9.51 Å². The van der Waals surface area contributed by atoms with Crippen molar-refractivity contribution in [1.29, 1.82) is 0 Å². The Labute approximate surface area is 167 Å². The highest BCUT2D eigenvalue weighted by Gasteiger charge is 2.34. The first kappa shape index (κ1) is 20.5. The number of amides is 1. The Balaban J connectivity index is 2.04. The van der Waals surface area contributed by atoms with Crippen LogP contribution < -0.4 is 0 Å². The third-order valence-electron chi connectivity index (χ3n) is 5.67. The van der Waals surface area contributed by atoms with Gasteiger partial charge in [0, 0.05) is 31.1 Å². The van der Waals surface area contributed by atoms with E-state index in [-0.39, 0.29) is 17.9 Å². The first-order valence-electron chi connectivity index (χ1n) is 10.7. The molecular weight excluding hydrogens is 352 g/mol. The van der Waals surface area contributed by atoms with E-state index < -0.39 is 0 Å². The summed E-state index contributed by atoms with van der Waals surface area (Å²) in [4.78, 5) is 24.8. The van der Waals surface area contributed by atoms with Crippen LogP contribution in [0.25, 0.3) is 11.3 Å². The van der Waals surface area contributed by atoms with Gasteiger partial charge in [-0.05, 0) is 45.4 Å². The summed E-state index contributed by atoms with van der Waals surface area (Å²) in [6.45, 7) is 9.01. The highest BCUT2D eigenvalue weighted by molar-refractivity contribution is 5.79. The van der Waals surface area contributed by atoms with Crippen molar-refractivity contribution < 1.29 is 9.32 Å². The van der Waals surface area contributed by atoms with Crippen LogP contribution in [0.4, 0.5) is 0 Å². The van der Waals surface area contributed by atoms with Crippen molar-refractivity contribution in [2.24, 2.45) is 5.92 Å². The lowest BCUT2D eigenvalue weighted by atomic mass is 9.92. The average Bonchev–Trinajstić information content (AvgIpc) is 3.15. The summed E-state index contributed by atoms with van der Waals surface area (Å²) in [6.07, 6.45) is 8.48. The van der Waals surface area contributed by atoms with Gasteiger partial charge in [0.25, 0.3) is 0 Å². The maximum atomic E-state index is 13.3. The molecule has 6 heteroatoms. The van der Waals surface area contributed by atoms with Crippen molar-refractivity contribution in [2.75, 3.05) is 6.54 Å². The second-order valence-corrected chi connectivity index (χ2v) is 7.72. The van der Waals surface area contributed by atoms with Crippen LogP contribution in [-0.2, 0) is 11.2 Å². The van der Waals surface area contributed by atoms with Crippen LogP contribution in [0.5, 0.6) is 0 Å². The predicted molar refractivity (Wildman–Crippen MR) is 109 cm³/mol. The Bertz CT molecular complexity index is 798. The zero-order chi connectivity index (χ0) is 20.1. The molecular formula is C22H32N4O2. The fourth-order valence-electron chi connectivity index (χ4n) is 4.06. The minimum atomic E-state index is -0.0270. The fourth-order valence-corrected chi connectivity index (χ4v) is 4.06. The second-order valence-electron chi connectivity index (χ2n) is 7.72. The molecule has 0 aliphatic carbocycles. The number of likely N-dealkylation sites (tertiary alicyclic amines) is 1. The molecule has 28 heavy (non-hydrogen) atoms. The lowest BCUT2D eigenvalue weighted by Gasteiger charge is -2.38. The number of rotatable bonds is 7. The smallest absolute Gasteiger partial charge is 0.226 e. The fraction of sp³-hybridized carbons (Fsp3) is 0.636. The van der Waals surface area contributed by atoms with E-state index in [0.717, 1.165) is 74.3 Å². The van der Waals surface area contributed by atoms with E-state index >= 15 is 0 Å². The largest absolute Gasteiger partial charge is 0.356 e. The van der Waals surface area contributed by atoms with Gasteiger partial charge in [0.2, 0.25) is 5.91 Å². The Kier molecular flexibility index (Phi) is 6.81. The SMILES string of the molecule is CCCc1ncc(-c2cc(C)no2)c([C@@H]2CCCCN2C(=O)C(CC)CC)n1. The number of aryl methyl sites for hydroxylation is 2. The minimum absolute atomic E-state index is 0.0270. The molecule has 0 spiro atoms. The molecule has 1 amide bonds. The molecule has 0 N–H and O–H groups in total. The van der Waals surface area contributed by atoms with Crippen LogP contribution in [0.15, 0.2) is 16.8 Å². The molecule has 2 aromatic heterocycles. The molecule has 3 rings (SSSR count). The zero-order valence-electron chi connectivity index (χ0n) is 17.6. The first-order chi connectivity index (χ1) is 13.6. The number of aromatic nitrogens is 3. The monoisotopic (exact) mass is 384 g/mol. The third kappa shape index (κ3) is 4.26. The molecule has 1 fully saturated rings. The van der Waals surface area contributed by atoms with Crippen LogP contribution in [-0.4, -0.2) is 32.5 Å². The van der Waals surface area contributed by atoms with Crippen molar-refractivity contribution in [3.63, 3.8) is 0 Å². The number of piperidine rings is 1. The van der Waals surface area contributed by atoms with Crippen molar-refractivity contribution >= 4 is 5.91 Å². The summed E-state index contributed by atoms with van der Waals surface area (Å²) in [6, 6.07) is 1.89. The van der Waals surface area contributed by atoms with E-state index in [9.17, 15) is 4.79 Å². The van der Waals surface area contributed by atoms with Crippen molar-refractivity contribution in [1.82, 2.24) is 20.0 Å². The van der Waals surface area contributed by atoms with Crippen LogP contribution in [0.3, 0.4) is 0 Å². The van der Waals surface area contributed by atoms with Crippen molar-refractivity contribution in [3.8, 4) is 11.3 Å². The van der Waals surface area contributed by atoms with E-state index in [1.807, 2.05) is 19.2 Å². The second kappa shape index (κ2) is 9.30. The van der Waals surface area contributed by atoms with Gasteiger partial charge in [0.15, 0.2) is 5.76 Å². The number of carbonyl (C=O) groups is 1. The highest BCUT2D eigenvalue weighted by Crippen LogP contribution is 2.37. The summed E-state index contributed by atoms with van der Waals surface area (Å²) >= 11 is 0.